The molecule has 7 rings (SSSR count). The quantitative estimate of drug-likeness (QED) is 0.208. The summed E-state index contributed by atoms with van der Waals surface area (Å²) in [5, 5.41) is 1.44. The summed E-state index contributed by atoms with van der Waals surface area (Å²) in [7, 11) is 0. The zero-order valence-electron chi connectivity index (χ0n) is 25.4. The maximum Gasteiger partial charge on any atom is 0.145 e. The third kappa shape index (κ3) is 4.61. The second-order valence-electron chi connectivity index (χ2n) is 13.8. The molecule has 0 saturated carbocycles. The molecule has 2 nitrogen and oxygen atoms in total. The lowest BCUT2D eigenvalue weighted by molar-refractivity contribution is 0.291. The second-order valence-corrected chi connectivity index (χ2v) is 14.9. The number of para-hydroxylation sites is 3. The summed E-state index contributed by atoms with van der Waals surface area (Å²) >= 11 is 1.95. The molecule has 210 valence electrons. The monoisotopic (exact) mass is 566 g/mol. The van der Waals surface area contributed by atoms with Gasteiger partial charge >= 0.3 is 0 Å². The molecular formula is C39H38N2S. The molecule has 1 aliphatic carbocycles. The van der Waals surface area contributed by atoms with Crippen molar-refractivity contribution in [3.05, 3.63) is 113 Å². The Morgan fingerprint density at radius 1 is 0.786 bits per heavy atom. The molecule has 0 spiro atoms. The predicted molar refractivity (Wildman–Crippen MR) is 182 cm³/mol. The number of allylic oxidation sites excluding steroid dienone is 1. The first-order valence-electron chi connectivity index (χ1n) is 15.0. The molecule has 0 radical (unpaired) electrons. The van der Waals surface area contributed by atoms with E-state index in [0.29, 0.717) is 5.92 Å². The Balaban J connectivity index is 1.37. The molecule has 4 aromatic carbocycles. The van der Waals surface area contributed by atoms with Crippen LogP contribution in [0.3, 0.4) is 0 Å². The highest BCUT2D eigenvalue weighted by Gasteiger charge is 2.29. The highest BCUT2D eigenvalue weighted by Crippen LogP contribution is 2.46. The average Bonchev–Trinajstić information content (AvgIpc) is 3.55. The zero-order valence-corrected chi connectivity index (χ0v) is 26.2. The minimum Gasteiger partial charge on any atom is -0.292 e. The number of imidazole rings is 1. The lowest BCUT2D eigenvalue weighted by Gasteiger charge is -2.30. The third-order valence-electron chi connectivity index (χ3n) is 8.84. The first-order valence-corrected chi connectivity index (χ1v) is 15.8. The summed E-state index contributed by atoms with van der Waals surface area (Å²) in [4.78, 5) is 6.51. The van der Waals surface area contributed by atoms with Crippen molar-refractivity contribution in [1.82, 2.24) is 9.55 Å². The van der Waals surface area contributed by atoms with Gasteiger partial charge in [0.15, 0.2) is 0 Å². The van der Waals surface area contributed by atoms with Gasteiger partial charge in [0.05, 0.1) is 11.0 Å². The van der Waals surface area contributed by atoms with Crippen LogP contribution in [0.5, 0.6) is 0 Å². The molecule has 6 aromatic rings. The van der Waals surface area contributed by atoms with Gasteiger partial charge in [-0.1, -0.05) is 102 Å². The van der Waals surface area contributed by atoms with Gasteiger partial charge in [-0.2, -0.15) is 0 Å². The third-order valence-corrected chi connectivity index (χ3v) is 10.1. The molecule has 0 saturated heterocycles. The molecule has 1 atom stereocenters. The summed E-state index contributed by atoms with van der Waals surface area (Å²) < 4.78 is 3.67. The lowest BCUT2D eigenvalue weighted by Crippen LogP contribution is -2.22. The van der Waals surface area contributed by atoms with Gasteiger partial charge in [0.1, 0.15) is 5.82 Å². The van der Waals surface area contributed by atoms with E-state index >= 15 is 0 Å². The highest BCUT2D eigenvalue weighted by atomic mass is 32.1. The number of nitrogens with zero attached hydrogens (tertiary/aromatic N) is 2. The van der Waals surface area contributed by atoms with E-state index in [1.165, 1.54) is 37.2 Å². The molecule has 2 aromatic heterocycles. The normalized spacial score (nSPS) is 15.4. The predicted octanol–water partition coefficient (Wildman–Crippen LogP) is 11.1. The maximum atomic E-state index is 5.09. The number of hydrogen-bond donors (Lipinski definition) is 0. The van der Waals surface area contributed by atoms with Crippen molar-refractivity contribution in [2.45, 2.75) is 53.4 Å². The lowest BCUT2D eigenvalue weighted by atomic mass is 9.74. The van der Waals surface area contributed by atoms with Crippen LogP contribution in [0, 0.1) is 11.3 Å². The van der Waals surface area contributed by atoms with Crippen LogP contribution in [-0.4, -0.2) is 9.55 Å². The van der Waals surface area contributed by atoms with Crippen molar-refractivity contribution in [1.29, 1.82) is 0 Å². The largest absolute Gasteiger partial charge is 0.292 e. The van der Waals surface area contributed by atoms with Gasteiger partial charge in [0, 0.05) is 20.8 Å². The molecular weight excluding hydrogens is 529 g/mol. The van der Waals surface area contributed by atoms with E-state index in [9.17, 15) is 0 Å². The maximum absolute atomic E-state index is 5.09. The van der Waals surface area contributed by atoms with Crippen molar-refractivity contribution >= 4 is 38.5 Å². The smallest absolute Gasteiger partial charge is 0.145 e. The molecule has 0 amide bonds. The van der Waals surface area contributed by atoms with Crippen molar-refractivity contribution in [2.24, 2.45) is 11.3 Å². The van der Waals surface area contributed by atoms with E-state index in [0.717, 1.165) is 34.5 Å². The second kappa shape index (κ2) is 9.81. The summed E-state index contributed by atoms with van der Waals surface area (Å²) in [5.74, 6) is 1.51. The Hall–Kier alpha value is -3.95. The number of rotatable bonds is 3. The Bertz CT molecular complexity index is 1960. The van der Waals surface area contributed by atoms with Gasteiger partial charge in [0.25, 0.3) is 0 Å². The van der Waals surface area contributed by atoms with E-state index < -0.39 is 0 Å². The fourth-order valence-corrected chi connectivity index (χ4v) is 7.46. The van der Waals surface area contributed by atoms with Crippen molar-refractivity contribution in [2.75, 3.05) is 0 Å². The zero-order chi connectivity index (χ0) is 29.2. The van der Waals surface area contributed by atoms with E-state index in [-0.39, 0.29) is 10.8 Å². The molecule has 2 heterocycles. The van der Waals surface area contributed by atoms with Crippen LogP contribution < -0.4 is 0 Å². The van der Waals surface area contributed by atoms with Crippen molar-refractivity contribution in [3.63, 3.8) is 0 Å². The fraction of sp³-hybridized carbons (Fsp3) is 0.256. The van der Waals surface area contributed by atoms with Crippen molar-refractivity contribution in [3.8, 4) is 28.2 Å². The van der Waals surface area contributed by atoms with Crippen LogP contribution in [0.1, 0.15) is 57.5 Å². The molecule has 1 aliphatic rings. The summed E-state index contributed by atoms with van der Waals surface area (Å²) in [6.07, 6.45) is 5.93. The van der Waals surface area contributed by atoms with Crippen LogP contribution >= 0.6 is 11.3 Å². The standard InChI is InChI=1S/C39H38N2S/c1-38(2,3)27-20-21-35-31(22-27)32-24-28(39(4,5)6)23-30(36(32)42-35)25-16-18-26(19-17-25)37-40-33-14-10-11-15-34(33)41(37)29-12-8-7-9-13-29/h7-21,23-24,27H,22H2,1-6H3. The SMILES string of the molecule is CC(C)(C)c1cc(-c2ccc(-c3nc4ccccc4n3-c3ccccc3)cc2)c2sc3c(c2c1)CC(C(C)(C)C)C=C3. The van der Waals surface area contributed by atoms with Crippen LogP contribution in [0.25, 0.3) is 55.4 Å². The number of thiophene rings is 1. The minimum absolute atomic E-state index is 0.0617. The number of fused-ring (bicyclic) bond motifs is 4. The van der Waals surface area contributed by atoms with Crippen LogP contribution in [0.4, 0.5) is 0 Å². The Labute approximate surface area is 253 Å². The molecule has 0 fully saturated rings. The van der Waals surface area contributed by atoms with Crippen LogP contribution in [-0.2, 0) is 11.8 Å². The van der Waals surface area contributed by atoms with E-state index in [1.807, 2.05) is 11.3 Å². The minimum atomic E-state index is 0.0617. The Kier molecular flexibility index (Phi) is 6.29. The summed E-state index contributed by atoms with van der Waals surface area (Å²) in [6.45, 7) is 14.1. The van der Waals surface area contributed by atoms with Gasteiger partial charge in [0.2, 0.25) is 0 Å². The van der Waals surface area contributed by atoms with E-state index in [1.54, 1.807) is 0 Å². The van der Waals surface area contributed by atoms with Gasteiger partial charge in [-0.3, -0.25) is 4.57 Å². The molecule has 42 heavy (non-hydrogen) atoms. The van der Waals surface area contributed by atoms with Gasteiger partial charge < -0.3 is 0 Å². The average molecular weight is 567 g/mol. The number of hydrogen-bond acceptors (Lipinski definition) is 2. The van der Waals surface area contributed by atoms with Crippen LogP contribution in [0.2, 0.25) is 0 Å². The number of benzene rings is 4. The molecule has 0 bridgehead atoms. The van der Waals surface area contributed by atoms with E-state index in [2.05, 4.69) is 149 Å². The number of aromatic nitrogens is 2. The van der Waals surface area contributed by atoms with Gasteiger partial charge in [-0.15, -0.1) is 11.3 Å². The molecule has 3 heteroatoms. The fourth-order valence-electron chi connectivity index (χ4n) is 6.20. The summed E-state index contributed by atoms with van der Waals surface area (Å²) in [6, 6.07) is 32.9. The molecule has 0 aliphatic heterocycles. The van der Waals surface area contributed by atoms with E-state index in [4.69, 9.17) is 4.98 Å². The van der Waals surface area contributed by atoms with Gasteiger partial charge in [-0.25, -0.2) is 4.98 Å². The highest BCUT2D eigenvalue weighted by molar-refractivity contribution is 7.20. The topological polar surface area (TPSA) is 17.8 Å². The molecule has 1 unspecified atom stereocenters. The Morgan fingerprint density at radius 2 is 1.48 bits per heavy atom. The first kappa shape index (κ1) is 26.9. The summed E-state index contributed by atoms with van der Waals surface area (Å²) in [5.41, 5.74) is 10.2. The van der Waals surface area contributed by atoms with Crippen molar-refractivity contribution < 1.29 is 0 Å². The van der Waals surface area contributed by atoms with Crippen LogP contribution in [0.15, 0.2) is 97.1 Å². The van der Waals surface area contributed by atoms with Gasteiger partial charge in [-0.05, 0) is 93.3 Å². The first-order chi connectivity index (χ1) is 20.1. The Morgan fingerprint density at radius 3 is 2.19 bits per heavy atom. The molecule has 0 N–H and O–H groups in total.